The number of aromatic nitrogens is 5. The predicted molar refractivity (Wildman–Crippen MR) is 136 cm³/mol. The molecule has 0 bridgehead atoms. The first-order valence-corrected chi connectivity index (χ1v) is 13.4. The highest BCUT2D eigenvalue weighted by molar-refractivity contribution is 5.83. The molecule has 3 heterocycles. The van der Waals surface area contributed by atoms with Gasteiger partial charge < -0.3 is 14.6 Å². The number of carbonyl (C=O) groups is 1. The second-order valence-corrected chi connectivity index (χ2v) is 10.4. The Bertz CT molecular complexity index is 1280. The van der Waals surface area contributed by atoms with Crippen molar-refractivity contribution >= 4 is 16.9 Å². The zero-order valence-electron chi connectivity index (χ0n) is 21.5. The molecule has 36 heavy (non-hydrogen) atoms. The summed E-state index contributed by atoms with van der Waals surface area (Å²) in [6.45, 7) is 7.83. The summed E-state index contributed by atoms with van der Waals surface area (Å²) >= 11 is 0. The second kappa shape index (κ2) is 10.5. The van der Waals surface area contributed by atoms with E-state index in [1.807, 2.05) is 24.6 Å². The van der Waals surface area contributed by atoms with Crippen LogP contribution in [0.15, 0.2) is 23.0 Å². The monoisotopic (exact) mass is 493 g/mol. The van der Waals surface area contributed by atoms with Crippen molar-refractivity contribution in [1.82, 2.24) is 25.2 Å². The van der Waals surface area contributed by atoms with E-state index < -0.39 is 0 Å². The SMILES string of the molecule is CCOC(=O)C1CC[NH+]([C@H](c2cc3ccc(C)c(C)c3[nH]c2=O)c2nnnn2C2CCCCC2)CC1. The summed E-state index contributed by atoms with van der Waals surface area (Å²) < 4.78 is 7.27. The number of carbonyl (C=O) groups excluding carboxylic acids is 1. The van der Waals surface area contributed by atoms with Crippen LogP contribution in [0.3, 0.4) is 0 Å². The van der Waals surface area contributed by atoms with Crippen LogP contribution in [0, 0.1) is 19.8 Å². The van der Waals surface area contributed by atoms with Gasteiger partial charge in [-0.2, -0.15) is 0 Å². The number of likely N-dealkylation sites (tertiary alicyclic amines) is 1. The van der Waals surface area contributed by atoms with E-state index in [2.05, 4.69) is 39.6 Å². The molecule has 192 valence electrons. The molecule has 0 spiro atoms. The van der Waals surface area contributed by atoms with E-state index in [-0.39, 0.29) is 29.5 Å². The van der Waals surface area contributed by atoms with Crippen LogP contribution in [0.1, 0.15) is 86.5 Å². The largest absolute Gasteiger partial charge is 0.466 e. The van der Waals surface area contributed by atoms with E-state index in [0.717, 1.165) is 66.6 Å². The summed E-state index contributed by atoms with van der Waals surface area (Å²) in [4.78, 5) is 30.4. The lowest BCUT2D eigenvalue weighted by atomic mass is 9.92. The quantitative estimate of drug-likeness (QED) is 0.511. The van der Waals surface area contributed by atoms with Crippen LogP contribution in [-0.4, -0.2) is 50.9 Å². The van der Waals surface area contributed by atoms with Crippen LogP contribution >= 0.6 is 0 Å². The van der Waals surface area contributed by atoms with E-state index in [1.54, 1.807) is 0 Å². The third-order valence-corrected chi connectivity index (χ3v) is 8.24. The van der Waals surface area contributed by atoms with Crippen molar-refractivity contribution < 1.29 is 14.4 Å². The van der Waals surface area contributed by atoms with Crippen molar-refractivity contribution in [3.8, 4) is 0 Å². The van der Waals surface area contributed by atoms with Crippen LogP contribution in [0.4, 0.5) is 0 Å². The maximum Gasteiger partial charge on any atom is 0.309 e. The highest BCUT2D eigenvalue weighted by Crippen LogP contribution is 2.30. The number of tetrazole rings is 1. The normalized spacial score (nSPS) is 22.0. The van der Waals surface area contributed by atoms with Gasteiger partial charge in [0.25, 0.3) is 5.56 Å². The number of rotatable bonds is 6. The number of piperidine rings is 1. The van der Waals surface area contributed by atoms with Gasteiger partial charge in [-0.25, -0.2) is 4.68 Å². The number of pyridine rings is 1. The molecular weight excluding hydrogens is 456 g/mol. The van der Waals surface area contributed by atoms with Crippen LogP contribution in [0.2, 0.25) is 0 Å². The highest BCUT2D eigenvalue weighted by atomic mass is 16.5. The van der Waals surface area contributed by atoms with Crippen molar-refractivity contribution in [3.63, 3.8) is 0 Å². The Morgan fingerprint density at radius 3 is 2.64 bits per heavy atom. The predicted octanol–water partition coefficient (Wildman–Crippen LogP) is 2.58. The van der Waals surface area contributed by atoms with Crippen molar-refractivity contribution in [1.29, 1.82) is 0 Å². The third kappa shape index (κ3) is 4.68. The molecule has 2 N–H and O–H groups in total. The van der Waals surface area contributed by atoms with Crippen molar-refractivity contribution in [2.45, 2.75) is 77.8 Å². The molecule has 2 aliphatic rings. The minimum Gasteiger partial charge on any atom is -0.466 e. The van der Waals surface area contributed by atoms with Gasteiger partial charge in [-0.15, -0.1) is 5.10 Å². The molecule has 2 aromatic heterocycles. The van der Waals surface area contributed by atoms with Crippen LogP contribution < -0.4 is 10.5 Å². The zero-order valence-corrected chi connectivity index (χ0v) is 21.5. The lowest BCUT2D eigenvalue weighted by molar-refractivity contribution is -0.932. The van der Waals surface area contributed by atoms with Gasteiger partial charge in [-0.05, 0) is 66.6 Å². The standard InChI is InChI=1S/C27H36N6O3/c1-4-36-27(35)19-12-14-32(15-13-19)24(25-29-30-31-33(25)21-8-6-5-7-9-21)22-16-20-11-10-17(2)18(3)23(20)28-26(22)34/h10-11,16,19,21,24H,4-9,12-15H2,1-3H3,(H,28,34)/p+1/t24-/m1/s1. The number of fused-ring (bicyclic) bond motifs is 1. The second-order valence-electron chi connectivity index (χ2n) is 10.4. The van der Waals surface area contributed by atoms with E-state index >= 15 is 0 Å². The first-order chi connectivity index (χ1) is 17.5. The molecule has 0 radical (unpaired) electrons. The number of aryl methyl sites for hydroxylation is 2. The topological polar surface area (TPSA) is 107 Å². The molecule has 1 saturated heterocycles. The molecule has 1 aliphatic heterocycles. The molecule has 1 saturated carbocycles. The molecule has 1 aromatic carbocycles. The Morgan fingerprint density at radius 2 is 1.92 bits per heavy atom. The number of hydrogen-bond acceptors (Lipinski definition) is 6. The maximum atomic E-state index is 13.6. The van der Waals surface area contributed by atoms with Gasteiger partial charge in [0, 0.05) is 12.8 Å². The van der Waals surface area contributed by atoms with Crippen molar-refractivity contribution in [2.75, 3.05) is 19.7 Å². The van der Waals surface area contributed by atoms with Crippen molar-refractivity contribution in [2.24, 2.45) is 5.92 Å². The van der Waals surface area contributed by atoms with E-state index in [0.29, 0.717) is 12.2 Å². The first kappa shape index (κ1) is 24.6. The first-order valence-electron chi connectivity index (χ1n) is 13.4. The zero-order chi connectivity index (χ0) is 25.2. The van der Waals surface area contributed by atoms with E-state index in [1.165, 1.54) is 24.2 Å². The van der Waals surface area contributed by atoms with Gasteiger partial charge >= 0.3 is 5.97 Å². The average molecular weight is 494 g/mol. The lowest BCUT2D eigenvalue weighted by Crippen LogP contribution is -3.13. The maximum absolute atomic E-state index is 13.6. The number of H-pyrrole nitrogens is 1. The molecule has 9 nitrogen and oxygen atoms in total. The summed E-state index contributed by atoms with van der Waals surface area (Å²) in [5.41, 5.74) is 3.70. The minimum absolute atomic E-state index is 0.0933. The smallest absolute Gasteiger partial charge is 0.309 e. The Balaban J connectivity index is 1.56. The van der Waals surface area contributed by atoms with Gasteiger partial charge in [0.15, 0.2) is 6.04 Å². The number of quaternary nitrogens is 1. The Morgan fingerprint density at radius 1 is 1.17 bits per heavy atom. The summed E-state index contributed by atoms with van der Waals surface area (Å²) in [6.07, 6.45) is 7.13. The molecule has 3 aromatic rings. The summed E-state index contributed by atoms with van der Waals surface area (Å²) in [5, 5.41) is 14.0. The van der Waals surface area contributed by atoms with Gasteiger partial charge in [-0.3, -0.25) is 9.59 Å². The molecule has 1 aliphatic carbocycles. The number of ether oxygens (including phenoxy) is 1. The third-order valence-electron chi connectivity index (χ3n) is 8.24. The highest BCUT2D eigenvalue weighted by Gasteiger charge is 2.39. The number of hydrogen-bond donors (Lipinski definition) is 2. The Kier molecular flexibility index (Phi) is 7.18. The van der Waals surface area contributed by atoms with Crippen LogP contribution in [0.5, 0.6) is 0 Å². The summed E-state index contributed by atoms with van der Waals surface area (Å²) in [7, 11) is 0. The molecular formula is C27H37N6O3+. The van der Waals surface area contributed by atoms with Gasteiger partial charge in [0.1, 0.15) is 0 Å². The van der Waals surface area contributed by atoms with Crippen molar-refractivity contribution in [3.05, 3.63) is 51.1 Å². The van der Waals surface area contributed by atoms with Crippen LogP contribution in [0.25, 0.3) is 10.9 Å². The molecule has 1 atom stereocenters. The number of benzene rings is 1. The fourth-order valence-corrected chi connectivity index (χ4v) is 6.05. The number of esters is 1. The fraction of sp³-hybridized carbons (Fsp3) is 0.593. The number of nitrogens with one attached hydrogen (secondary N) is 2. The molecule has 0 amide bonds. The lowest BCUT2D eigenvalue weighted by Gasteiger charge is -2.34. The van der Waals surface area contributed by atoms with Gasteiger partial charge in [0.2, 0.25) is 5.82 Å². The number of aromatic amines is 1. The average Bonchev–Trinajstić information content (AvgIpc) is 3.38. The Labute approximate surface area is 211 Å². The van der Waals surface area contributed by atoms with Crippen LogP contribution in [-0.2, 0) is 9.53 Å². The molecule has 5 rings (SSSR count). The summed E-state index contributed by atoms with van der Waals surface area (Å²) in [5.74, 6) is 0.541. The van der Waals surface area contributed by atoms with E-state index in [4.69, 9.17) is 4.74 Å². The van der Waals surface area contributed by atoms with Gasteiger partial charge in [0.05, 0.1) is 42.7 Å². The minimum atomic E-state index is -0.306. The van der Waals surface area contributed by atoms with E-state index in [9.17, 15) is 9.59 Å². The molecule has 2 fully saturated rings. The summed E-state index contributed by atoms with van der Waals surface area (Å²) in [6, 6.07) is 6.14. The molecule has 0 unspecified atom stereocenters. The Hall–Kier alpha value is -3.07. The van der Waals surface area contributed by atoms with Gasteiger partial charge in [-0.1, -0.05) is 31.4 Å². The molecule has 9 heteroatoms. The fourth-order valence-electron chi connectivity index (χ4n) is 6.05. The number of nitrogens with zero attached hydrogens (tertiary/aromatic N) is 4.